The first kappa shape index (κ1) is 36.4. The fourth-order valence-corrected chi connectivity index (χ4v) is 16.6. The quantitative estimate of drug-likeness (QED) is 0.255. The van der Waals surface area contributed by atoms with Gasteiger partial charge in [0, 0.05) is 0 Å². The Morgan fingerprint density at radius 2 is 0.646 bits per heavy atom. The molecule has 0 saturated heterocycles. The average Bonchev–Trinajstić information content (AvgIpc) is 2.94. The summed E-state index contributed by atoms with van der Waals surface area (Å²) < 4.78 is 0. The van der Waals surface area contributed by atoms with Crippen LogP contribution in [0.5, 0.6) is 0 Å². The molecule has 276 valence electrons. The highest BCUT2D eigenvalue weighted by Gasteiger charge is 2.56. The van der Waals surface area contributed by atoms with Gasteiger partial charge in [0.2, 0.25) is 0 Å². The summed E-state index contributed by atoms with van der Waals surface area (Å²) in [5, 5.41) is 0. The standard InChI is InChI=1S/C14H24.C13H22.C12H22.C9H16/c1-10(2)6-14-7-11-3-12(8-14)5-13(4-11)9-14;1-9(2)13-6-10-3-11(7-13)5-12(4-10)8-13;1-10(2)9-12-6-3-11(4-7-12)5-8-12;1-7(2)3-9-4-8(5-9)6-9/h10-13H,3-9H2,1-2H3;9-12H,3-8H2,1-2H3;10-11H,3-9H2,1-2H3;7-8H,3-6H2,1-2H3. The maximum absolute atomic E-state index is 2.47. The van der Waals surface area contributed by atoms with Gasteiger partial charge in [-0.1, -0.05) is 55.4 Å². The van der Waals surface area contributed by atoms with Gasteiger partial charge in [0.15, 0.2) is 0 Å². The molecule has 14 saturated carbocycles. The van der Waals surface area contributed by atoms with Crippen LogP contribution in [-0.2, 0) is 0 Å². The topological polar surface area (TPSA) is 0 Å². The number of fused-ring (bicyclic) bond motifs is 3. The lowest BCUT2D eigenvalue weighted by atomic mass is 9.42. The summed E-state index contributed by atoms with van der Waals surface area (Å²) in [5.41, 5.74) is 3.32. The molecule has 14 rings (SSSR count). The van der Waals surface area contributed by atoms with Crippen LogP contribution in [0.25, 0.3) is 0 Å². The molecule has 0 heteroatoms. The number of hydrogen-bond donors (Lipinski definition) is 0. The number of rotatable bonds is 7. The molecule has 14 aliphatic carbocycles. The summed E-state index contributed by atoms with van der Waals surface area (Å²) >= 11 is 0. The van der Waals surface area contributed by atoms with Gasteiger partial charge < -0.3 is 0 Å². The molecule has 0 heterocycles. The first-order chi connectivity index (χ1) is 22.7. The molecule has 0 unspecified atom stereocenters. The highest BCUT2D eigenvalue weighted by molar-refractivity contribution is 5.07. The van der Waals surface area contributed by atoms with Gasteiger partial charge in [0.25, 0.3) is 0 Å². The van der Waals surface area contributed by atoms with Gasteiger partial charge in [-0.2, -0.15) is 0 Å². The Bertz CT molecular complexity index is 939. The lowest BCUT2D eigenvalue weighted by molar-refractivity contribution is -0.119. The Labute approximate surface area is 301 Å². The first-order valence-corrected chi connectivity index (χ1v) is 22.7. The van der Waals surface area contributed by atoms with Gasteiger partial charge in [-0.25, -0.2) is 0 Å². The molecule has 0 nitrogen and oxygen atoms in total. The highest BCUT2D eigenvalue weighted by Crippen LogP contribution is 2.67. The Kier molecular flexibility index (Phi) is 10.7. The zero-order valence-corrected chi connectivity index (χ0v) is 33.9. The summed E-state index contributed by atoms with van der Waals surface area (Å²) in [7, 11) is 0. The highest BCUT2D eigenvalue weighted by atomic mass is 14.6. The largest absolute Gasteiger partial charge is 0.0628 e. The van der Waals surface area contributed by atoms with Crippen molar-refractivity contribution in [2.24, 2.45) is 92.7 Å². The van der Waals surface area contributed by atoms with Crippen LogP contribution >= 0.6 is 0 Å². The van der Waals surface area contributed by atoms with Gasteiger partial charge in [0.1, 0.15) is 0 Å². The third-order valence-electron chi connectivity index (χ3n) is 17.4. The maximum atomic E-state index is 2.47. The van der Waals surface area contributed by atoms with E-state index >= 15 is 0 Å². The smallest absolute Gasteiger partial charge is 0.0267 e. The van der Waals surface area contributed by atoms with Crippen molar-refractivity contribution >= 4 is 0 Å². The van der Waals surface area contributed by atoms with Gasteiger partial charge in [-0.15, -0.1) is 0 Å². The SMILES string of the molecule is CC(C)C12CC3CC(CC(C3)C1)C2.CC(C)CC12CC(C1)C2.CC(C)CC12CC3CC(CC(C3)C1)C2.CC(C)CC12CCC(CC1)CC2. The molecule has 0 aromatic heterocycles. The zero-order valence-electron chi connectivity index (χ0n) is 33.9. The van der Waals surface area contributed by atoms with E-state index in [4.69, 9.17) is 0 Å². The molecular formula is C48H84. The Morgan fingerprint density at radius 1 is 0.354 bits per heavy atom. The summed E-state index contributed by atoms with van der Waals surface area (Å²) in [6.45, 7) is 19.2. The zero-order chi connectivity index (χ0) is 33.9. The molecule has 0 atom stereocenters. The predicted molar refractivity (Wildman–Crippen MR) is 208 cm³/mol. The van der Waals surface area contributed by atoms with E-state index in [1.807, 2.05) is 0 Å². The van der Waals surface area contributed by atoms with Crippen LogP contribution in [0, 0.1) is 92.7 Å². The van der Waals surface area contributed by atoms with Gasteiger partial charge in [-0.05, 0) is 247 Å². The minimum absolute atomic E-state index is 0.800. The van der Waals surface area contributed by atoms with Gasteiger partial charge in [-0.3, -0.25) is 0 Å². The average molecular weight is 661 g/mol. The van der Waals surface area contributed by atoms with E-state index in [0.29, 0.717) is 0 Å². The van der Waals surface area contributed by atoms with Crippen molar-refractivity contribution in [1.82, 2.24) is 0 Å². The Balaban J connectivity index is 0.000000102. The van der Waals surface area contributed by atoms with Crippen molar-refractivity contribution in [3.63, 3.8) is 0 Å². The number of hydrogen-bond acceptors (Lipinski definition) is 0. The molecule has 0 amide bonds. The maximum Gasteiger partial charge on any atom is -0.0267 e. The summed E-state index contributed by atoms with van der Waals surface area (Å²) in [4.78, 5) is 0. The Hall–Kier alpha value is 0. The van der Waals surface area contributed by atoms with Crippen LogP contribution in [0.3, 0.4) is 0 Å². The second-order valence-corrected chi connectivity index (χ2v) is 23.6. The molecule has 12 bridgehead atoms. The normalized spacial score (nSPS) is 48.0. The minimum Gasteiger partial charge on any atom is -0.0628 e. The van der Waals surface area contributed by atoms with Crippen LogP contribution in [-0.4, -0.2) is 0 Å². The van der Waals surface area contributed by atoms with Crippen molar-refractivity contribution < 1.29 is 0 Å². The monoisotopic (exact) mass is 661 g/mol. The Morgan fingerprint density at radius 3 is 0.917 bits per heavy atom. The van der Waals surface area contributed by atoms with Crippen LogP contribution in [0.2, 0.25) is 0 Å². The second-order valence-electron chi connectivity index (χ2n) is 23.6. The van der Waals surface area contributed by atoms with Crippen molar-refractivity contribution in [3.8, 4) is 0 Å². The van der Waals surface area contributed by atoms with E-state index in [2.05, 4.69) is 55.4 Å². The third kappa shape index (κ3) is 7.99. The van der Waals surface area contributed by atoms with Crippen LogP contribution in [0.1, 0.15) is 209 Å². The fraction of sp³-hybridized carbons (Fsp3) is 1.00. The van der Waals surface area contributed by atoms with Gasteiger partial charge in [0.05, 0.1) is 0 Å². The summed E-state index contributed by atoms with van der Waals surface area (Å²) in [6.07, 6.45) is 37.6. The molecule has 0 aliphatic heterocycles. The first-order valence-electron chi connectivity index (χ1n) is 22.7. The van der Waals surface area contributed by atoms with E-state index in [-0.39, 0.29) is 0 Å². The molecule has 0 radical (unpaired) electrons. The van der Waals surface area contributed by atoms with E-state index in [9.17, 15) is 0 Å². The molecule has 0 N–H and O–H groups in total. The summed E-state index contributed by atoms with van der Waals surface area (Å²) in [6, 6.07) is 0. The molecule has 14 aliphatic rings. The predicted octanol–water partition coefficient (Wildman–Crippen LogP) is 14.9. The van der Waals surface area contributed by atoms with Gasteiger partial charge >= 0.3 is 0 Å². The fourth-order valence-electron chi connectivity index (χ4n) is 16.6. The molecule has 48 heavy (non-hydrogen) atoms. The van der Waals surface area contributed by atoms with E-state index in [1.165, 1.54) is 25.2 Å². The van der Waals surface area contributed by atoms with E-state index in [0.717, 1.165) is 86.8 Å². The van der Waals surface area contributed by atoms with Crippen molar-refractivity contribution in [1.29, 1.82) is 0 Å². The summed E-state index contributed by atoms with van der Waals surface area (Å²) in [5.74, 6) is 12.8. The second kappa shape index (κ2) is 14.1. The third-order valence-corrected chi connectivity index (χ3v) is 17.4. The van der Waals surface area contributed by atoms with E-state index < -0.39 is 0 Å². The van der Waals surface area contributed by atoms with Crippen LogP contribution in [0.15, 0.2) is 0 Å². The van der Waals surface area contributed by atoms with Crippen LogP contribution in [0.4, 0.5) is 0 Å². The van der Waals surface area contributed by atoms with Crippen molar-refractivity contribution in [2.75, 3.05) is 0 Å². The lowest BCUT2D eigenvalue weighted by Crippen LogP contribution is -2.52. The molecule has 0 aromatic rings. The lowest BCUT2D eigenvalue weighted by Gasteiger charge is -2.63. The van der Waals surface area contributed by atoms with E-state index in [1.54, 1.807) is 135 Å². The van der Waals surface area contributed by atoms with Crippen molar-refractivity contribution in [3.05, 3.63) is 0 Å². The molecular weight excluding hydrogens is 577 g/mol. The minimum atomic E-state index is 0.800. The van der Waals surface area contributed by atoms with Crippen LogP contribution < -0.4 is 0 Å². The molecule has 0 aromatic carbocycles. The molecule has 14 fully saturated rings. The molecule has 0 spiro atoms. The van der Waals surface area contributed by atoms with Crippen molar-refractivity contribution in [2.45, 2.75) is 209 Å².